The summed E-state index contributed by atoms with van der Waals surface area (Å²) in [5, 5.41) is 12.4. The Kier molecular flexibility index (Phi) is 6.25. The smallest absolute Gasteiger partial charge is 0.255 e. The maximum Gasteiger partial charge on any atom is 0.255 e. The van der Waals surface area contributed by atoms with Crippen molar-refractivity contribution in [2.24, 2.45) is 0 Å². The van der Waals surface area contributed by atoms with E-state index in [1.807, 2.05) is 53.9 Å². The minimum atomic E-state index is -0.133. The van der Waals surface area contributed by atoms with Crippen molar-refractivity contribution in [1.82, 2.24) is 14.8 Å². The fraction of sp³-hybridized carbons (Fsp3) is 0.348. The van der Waals surface area contributed by atoms with E-state index in [1.165, 1.54) is 23.5 Å². The highest BCUT2D eigenvalue weighted by Gasteiger charge is 2.20. The van der Waals surface area contributed by atoms with Crippen LogP contribution in [0.4, 0.5) is 5.69 Å². The third-order valence-corrected chi connectivity index (χ3v) is 9.08. The average Bonchev–Trinajstić information content (AvgIpc) is 3.41. The number of hydrogen-bond donors (Lipinski definition) is 1. The Morgan fingerprint density at radius 1 is 1.03 bits per heavy atom. The number of aryl methyl sites for hydroxylation is 1. The molecule has 2 aromatic carbocycles. The first-order valence-electron chi connectivity index (χ1n) is 10.6. The van der Waals surface area contributed by atoms with E-state index in [9.17, 15) is 4.79 Å². The molecule has 0 unspecified atom stereocenters. The lowest BCUT2D eigenvalue weighted by Gasteiger charge is -2.12. The van der Waals surface area contributed by atoms with Gasteiger partial charge in [0, 0.05) is 41.3 Å². The molecular formula is C23H23ClN4OS2. The predicted molar refractivity (Wildman–Crippen MR) is 130 cm³/mol. The van der Waals surface area contributed by atoms with E-state index in [1.54, 1.807) is 0 Å². The molecule has 1 N–H and O–H groups in total. The van der Waals surface area contributed by atoms with Crippen molar-refractivity contribution in [3.8, 4) is 11.4 Å². The van der Waals surface area contributed by atoms with Crippen molar-refractivity contribution >= 4 is 46.7 Å². The Morgan fingerprint density at radius 2 is 1.84 bits per heavy atom. The number of carbonyl (C=O) groups is 1. The molecule has 3 aromatic rings. The monoisotopic (exact) mass is 470 g/mol. The van der Waals surface area contributed by atoms with Crippen LogP contribution in [-0.4, -0.2) is 32.2 Å². The molecule has 0 aliphatic carbocycles. The number of carbonyl (C=O) groups excluding carboxylic acids is 1. The van der Waals surface area contributed by atoms with Crippen molar-refractivity contribution in [2.45, 2.75) is 36.8 Å². The van der Waals surface area contributed by atoms with Crippen LogP contribution < -0.4 is 5.32 Å². The third-order valence-electron chi connectivity index (χ3n) is 5.64. The SMILES string of the molecule is O=C(Nc1ccc(Cl)c(-c2nnc3n2CCCCC3)c1)c1ccc(C2SCCS2)cc1. The van der Waals surface area contributed by atoms with Gasteiger partial charge in [0.15, 0.2) is 5.82 Å². The number of fused-ring (bicyclic) bond motifs is 1. The van der Waals surface area contributed by atoms with Crippen molar-refractivity contribution in [2.75, 3.05) is 16.8 Å². The Labute approximate surface area is 195 Å². The van der Waals surface area contributed by atoms with Gasteiger partial charge < -0.3 is 9.88 Å². The van der Waals surface area contributed by atoms with E-state index in [0.29, 0.717) is 20.9 Å². The van der Waals surface area contributed by atoms with Crippen LogP contribution in [0.3, 0.4) is 0 Å². The number of aromatic nitrogens is 3. The van der Waals surface area contributed by atoms with E-state index >= 15 is 0 Å². The van der Waals surface area contributed by atoms with Gasteiger partial charge in [0.2, 0.25) is 0 Å². The standard InChI is InChI=1S/C23H23ClN4OS2/c24-19-10-9-17(14-18(19)21-27-26-20-4-2-1-3-11-28(20)21)25-22(29)15-5-7-16(8-6-15)23-30-12-13-31-23/h5-10,14,23H,1-4,11-13H2,(H,25,29). The number of halogens is 1. The van der Waals surface area contributed by atoms with Gasteiger partial charge in [0.25, 0.3) is 5.91 Å². The van der Waals surface area contributed by atoms with Crippen LogP contribution in [0.2, 0.25) is 5.02 Å². The predicted octanol–water partition coefficient (Wildman–Crippen LogP) is 6.06. The van der Waals surface area contributed by atoms with Crippen LogP contribution in [0, 0.1) is 0 Å². The summed E-state index contributed by atoms with van der Waals surface area (Å²) in [5.41, 5.74) is 3.40. The van der Waals surface area contributed by atoms with E-state index in [4.69, 9.17) is 11.6 Å². The van der Waals surface area contributed by atoms with Crippen molar-refractivity contribution in [1.29, 1.82) is 0 Å². The molecule has 0 spiro atoms. The van der Waals surface area contributed by atoms with Gasteiger partial charge in [-0.05, 0) is 48.7 Å². The summed E-state index contributed by atoms with van der Waals surface area (Å²) in [5.74, 6) is 4.02. The summed E-state index contributed by atoms with van der Waals surface area (Å²) in [6.07, 6.45) is 4.39. The first-order valence-corrected chi connectivity index (χ1v) is 13.0. The highest BCUT2D eigenvalue weighted by molar-refractivity contribution is 8.19. The van der Waals surface area contributed by atoms with Gasteiger partial charge in [0.1, 0.15) is 5.82 Å². The quantitative estimate of drug-likeness (QED) is 0.502. The van der Waals surface area contributed by atoms with Gasteiger partial charge in [-0.3, -0.25) is 4.79 Å². The van der Waals surface area contributed by atoms with Crippen molar-refractivity contribution < 1.29 is 4.79 Å². The van der Waals surface area contributed by atoms with Gasteiger partial charge in [0.05, 0.1) is 9.60 Å². The summed E-state index contributed by atoms with van der Waals surface area (Å²) in [6, 6.07) is 13.4. The number of amides is 1. The highest BCUT2D eigenvalue weighted by atomic mass is 35.5. The minimum Gasteiger partial charge on any atom is -0.322 e. The second-order valence-corrected chi connectivity index (χ2v) is 10.9. The number of benzene rings is 2. The fourth-order valence-corrected chi connectivity index (χ4v) is 7.07. The first-order chi connectivity index (χ1) is 15.2. The molecule has 5 nitrogen and oxygen atoms in total. The zero-order valence-electron chi connectivity index (χ0n) is 17.0. The molecule has 160 valence electrons. The molecule has 31 heavy (non-hydrogen) atoms. The lowest BCUT2D eigenvalue weighted by molar-refractivity contribution is 0.102. The molecule has 2 aliphatic rings. The summed E-state index contributed by atoms with van der Waals surface area (Å²) in [4.78, 5) is 12.8. The molecule has 5 rings (SSSR count). The fourth-order valence-electron chi connectivity index (χ4n) is 4.00. The Balaban J connectivity index is 1.36. The zero-order chi connectivity index (χ0) is 21.2. The molecule has 0 saturated carbocycles. The molecule has 1 saturated heterocycles. The molecule has 8 heteroatoms. The van der Waals surface area contributed by atoms with E-state index in [0.717, 1.165) is 43.0 Å². The second-order valence-electron chi connectivity index (χ2n) is 7.75. The van der Waals surface area contributed by atoms with Gasteiger partial charge in [-0.25, -0.2) is 0 Å². The number of nitrogens with zero attached hydrogens (tertiary/aromatic N) is 3. The topological polar surface area (TPSA) is 59.8 Å². The van der Waals surface area contributed by atoms with Crippen LogP contribution in [-0.2, 0) is 13.0 Å². The normalized spacial score (nSPS) is 16.7. The van der Waals surface area contributed by atoms with Gasteiger partial charge >= 0.3 is 0 Å². The van der Waals surface area contributed by atoms with Crippen LogP contribution in [0.15, 0.2) is 42.5 Å². The summed E-state index contributed by atoms with van der Waals surface area (Å²) >= 11 is 10.4. The summed E-state index contributed by atoms with van der Waals surface area (Å²) in [6.45, 7) is 0.897. The Morgan fingerprint density at radius 3 is 2.65 bits per heavy atom. The minimum absolute atomic E-state index is 0.133. The van der Waals surface area contributed by atoms with Crippen LogP contribution in [0.25, 0.3) is 11.4 Å². The average molecular weight is 471 g/mol. The summed E-state index contributed by atoms with van der Waals surface area (Å²) in [7, 11) is 0. The number of anilines is 1. The number of nitrogens with one attached hydrogen (secondary N) is 1. The zero-order valence-corrected chi connectivity index (χ0v) is 19.4. The molecule has 3 heterocycles. The van der Waals surface area contributed by atoms with Crippen LogP contribution in [0.1, 0.15) is 45.6 Å². The first kappa shape index (κ1) is 20.9. The molecule has 1 fully saturated rings. The van der Waals surface area contributed by atoms with Crippen molar-refractivity contribution in [3.05, 3.63) is 64.4 Å². The molecule has 0 bridgehead atoms. The van der Waals surface area contributed by atoms with Gasteiger partial charge in [-0.1, -0.05) is 30.2 Å². The molecule has 1 amide bonds. The van der Waals surface area contributed by atoms with E-state index in [-0.39, 0.29) is 5.91 Å². The molecule has 0 atom stereocenters. The lowest BCUT2D eigenvalue weighted by Crippen LogP contribution is -2.12. The lowest BCUT2D eigenvalue weighted by atomic mass is 10.1. The molecule has 2 aliphatic heterocycles. The van der Waals surface area contributed by atoms with Gasteiger partial charge in [-0.15, -0.1) is 33.7 Å². The molecule has 1 aromatic heterocycles. The molecular weight excluding hydrogens is 448 g/mol. The number of hydrogen-bond acceptors (Lipinski definition) is 5. The maximum atomic E-state index is 12.8. The second kappa shape index (κ2) is 9.27. The summed E-state index contributed by atoms with van der Waals surface area (Å²) < 4.78 is 2.65. The largest absolute Gasteiger partial charge is 0.322 e. The number of rotatable bonds is 4. The van der Waals surface area contributed by atoms with E-state index in [2.05, 4.69) is 32.2 Å². The van der Waals surface area contributed by atoms with Crippen molar-refractivity contribution in [3.63, 3.8) is 0 Å². The maximum absolute atomic E-state index is 12.8. The Hall–Kier alpha value is -1.96. The third kappa shape index (κ3) is 4.49. The van der Waals surface area contributed by atoms with Crippen LogP contribution in [0.5, 0.6) is 0 Å². The van der Waals surface area contributed by atoms with Crippen LogP contribution >= 0.6 is 35.1 Å². The van der Waals surface area contributed by atoms with E-state index < -0.39 is 0 Å². The highest BCUT2D eigenvalue weighted by Crippen LogP contribution is 2.45. The Bertz CT molecular complexity index is 1090. The number of thioether (sulfide) groups is 2. The molecule has 0 radical (unpaired) electrons. The van der Waals surface area contributed by atoms with Gasteiger partial charge in [-0.2, -0.15) is 0 Å².